The highest BCUT2D eigenvalue weighted by Crippen LogP contribution is 2.38. The van der Waals surface area contributed by atoms with E-state index < -0.39 is 0 Å². The van der Waals surface area contributed by atoms with Crippen molar-refractivity contribution in [3.05, 3.63) is 57.0 Å². The zero-order valence-corrected chi connectivity index (χ0v) is 10.3. The van der Waals surface area contributed by atoms with Gasteiger partial charge in [-0.1, -0.05) is 39.7 Å². The van der Waals surface area contributed by atoms with Crippen LogP contribution in [0.15, 0.2) is 40.9 Å². The van der Waals surface area contributed by atoms with Crippen molar-refractivity contribution in [2.75, 3.05) is 0 Å². The van der Waals surface area contributed by atoms with Crippen molar-refractivity contribution >= 4 is 27.5 Å². The molecule has 0 aromatic heterocycles. The first-order valence-corrected chi connectivity index (χ1v) is 5.98. The van der Waals surface area contributed by atoms with E-state index in [-0.39, 0.29) is 0 Å². The average molecular weight is 280 g/mol. The second-order valence-corrected chi connectivity index (χ2v) is 5.13. The monoisotopic (exact) mass is 278 g/mol. The van der Waals surface area contributed by atoms with Crippen molar-refractivity contribution in [1.82, 2.24) is 0 Å². The van der Waals surface area contributed by atoms with Gasteiger partial charge in [-0.25, -0.2) is 0 Å². The minimum absolute atomic E-state index is 0.820. The van der Waals surface area contributed by atoms with Crippen molar-refractivity contribution in [1.29, 1.82) is 0 Å². The number of rotatable bonds is 0. The predicted octanol–water partition coefficient (Wildman–Crippen LogP) is 4.67. The molecular formula is C13H8BrCl. The van der Waals surface area contributed by atoms with Gasteiger partial charge < -0.3 is 0 Å². The normalized spacial score (nSPS) is 12.4. The topological polar surface area (TPSA) is 0 Å². The van der Waals surface area contributed by atoms with Gasteiger partial charge in [0, 0.05) is 9.50 Å². The lowest BCUT2D eigenvalue weighted by Crippen LogP contribution is -1.78. The molecule has 15 heavy (non-hydrogen) atoms. The summed E-state index contributed by atoms with van der Waals surface area (Å²) in [5, 5.41) is 0.820. The minimum Gasteiger partial charge on any atom is -0.0843 e. The van der Waals surface area contributed by atoms with Gasteiger partial charge in [-0.3, -0.25) is 0 Å². The van der Waals surface area contributed by atoms with Crippen LogP contribution in [0.2, 0.25) is 5.02 Å². The summed E-state index contributed by atoms with van der Waals surface area (Å²) in [5.74, 6) is 0. The first kappa shape index (κ1) is 9.44. The van der Waals surface area contributed by atoms with Crippen LogP contribution < -0.4 is 0 Å². The number of hydrogen-bond acceptors (Lipinski definition) is 0. The Balaban J connectivity index is 2.26. The van der Waals surface area contributed by atoms with Gasteiger partial charge in [-0.05, 0) is 52.9 Å². The van der Waals surface area contributed by atoms with Crippen LogP contribution in [0.3, 0.4) is 0 Å². The molecule has 0 amide bonds. The second-order valence-electron chi connectivity index (χ2n) is 3.78. The molecule has 2 heteroatoms. The van der Waals surface area contributed by atoms with Crippen LogP contribution >= 0.6 is 27.5 Å². The Morgan fingerprint density at radius 3 is 2.67 bits per heavy atom. The number of halogens is 2. The van der Waals surface area contributed by atoms with Crippen LogP contribution in [0.1, 0.15) is 11.1 Å². The van der Waals surface area contributed by atoms with Crippen LogP contribution in [0, 0.1) is 0 Å². The summed E-state index contributed by atoms with van der Waals surface area (Å²) in [6.45, 7) is 0. The van der Waals surface area contributed by atoms with Gasteiger partial charge in [0.2, 0.25) is 0 Å². The summed E-state index contributed by atoms with van der Waals surface area (Å²) < 4.78 is 1.13. The van der Waals surface area contributed by atoms with Crippen LogP contribution in [-0.2, 0) is 6.42 Å². The number of hydrogen-bond donors (Lipinski definition) is 0. The molecule has 1 aliphatic rings. The third kappa shape index (κ3) is 1.51. The van der Waals surface area contributed by atoms with Crippen LogP contribution in [0.5, 0.6) is 0 Å². The molecule has 0 radical (unpaired) electrons. The maximum atomic E-state index is 5.99. The van der Waals surface area contributed by atoms with Crippen molar-refractivity contribution in [3.8, 4) is 11.1 Å². The first-order valence-electron chi connectivity index (χ1n) is 4.81. The molecule has 0 saturated heterocycles. The van der Waals surface area contributed by atoms with E-state index in [0.29, 0.717) is 0 Å². The molecule has 0 fully saturated rings. The Morgan fingerprint density at radius 2 is 1.80 bits per heavy atom. The van der Waals surface area contributed by atoms with E-state index >= 15 is 0 Å². The molecule has 0 unspecified atom stereocenters. The molecule has 1 aliphatic carbocycles. The third-order valence-electron chi connectivity index (χ3n) is 2.81. The van der Waals surface area contributed by atoms with Crippen molar-refractivity contribution in [2.24, 2.45) is 0 Å². The summed E-state index contributed by atoms with van der Waals surface area (Å²) in [7, 11) is 0. The standard InChI is InChI=1S/C13H8BrCl/c14-10-2-1-8-5-9-6-11(15)3-4-12(9)13(8)7-10/h1-4,6-7H,5H2. The highest BCUT2D eigenvalue weighted by atomic mass is 79.9. The Bertz CT molecular complexity index is 546. The van der Waals surface area contributed by atoms with Gasteiger partial charge in [0.15, 0.2) is 0 Å². The Morgan fingerprint density at radius 1 is 0.933 bits per heavy atom. The largest absolute Gasteiger partial charge is 0.0843 e. The Kier molecular flexibility index (Phi) is 2.11. The molecule has 3 rings (SSSR count). The SMILES string of the molecule is Clc1ccc2c(c1)Cc1ccc(Br)cc1-2. The summed E-state index contributed by atoms with van der Waals surface area (Å²) >= 11 is 9.49. The van der Waals surface area contributed by atoms with Crippen LogP contribution in [-0.4, -0.2) is 0 Å². The lowest BCUT2D eigenvalue weighted by Gasteiger charge is -2.01. The van der Waals surface area contributed by atoms with E-state index in [0.717, 1.165) is 15.9 Å². The number of benzene rings is 2. The quantitative estimate of drug-likeness (QED) is 0.561. The molecule has 0 aliphatic heterocycles. The van der Waals surface area contributed by atoms with E-state index in [1.807, 2.05) is 6.07 Å². The fraction of sp³-hybridized carbons (Fsp3) is 0.0769. The van der Waals surface area contributed by atoms with Crippen LogP contribution in [0.25, 0.3) is 11.1 Å². The molecule has 0 N–H and O–H groups in total. The van der Waals surface area contributed by atoms with E-state index in [2.05, 4.69) is 46.3 Å². The van der Waals surface area contributed by atoms with E-state index in [1.54, 1.807) is 0 Å². The summed E-state index contributed by atoms with van der Waals surface area (Å²) in [5.41, 5.74) is 5.36. The lowest BCUT2D eigenvalue weighted by molar-refractivity contribution is 1.26. The fourth-order valence-electron chi connectivity index (χ4n) is 2.13. The highest BCUT2D eigenvalue weighted by molar-refractivity contribution is 9.10. The molecule has 0 nitrogen and oxygen atoms in total. The van der Waals surface area contributed by atoms with Crippen molar-refractivity contribution in [3.63, 3.8) is 0 Å². The Labute approximate surface area is 102 Å². The lowest BCUT2D eigenvalue weighted by atomic mass is 10.1. The predicted molar refractivity (Wildman–Crippen MR) is 67.4 cm³/mol. The number of fused-ring (bicyclic) bond motifs is 3. The molecule has 0 heterocycles. The van der Waals surface area contributed by atoms with Gasteiger partial charge >= 0.3 is 0 Å². The molecule has 0 saturated carbocycles. The zero-order valence-electron chi connectivity index (χ0n) is 7.93. The van der Waals surface area contributed by atoms with E-state index in [9.17, 15) is 0 Å². The second kappa shape index (κ2) is 3.36. The maximum absolute atomic E-state index is 5.99. The molecule has 0 atom stereocenters. The molecule has 2 aromatic rings. The third-order valence-corrected chi connectivity index (χ3v) is 3.54. The summed E-state index contributed by atoms with van der Waals surface area (Å²) in [6.07, 6.45) is 0.999. The van der Waals surface area contributed by atoms with Gasteiger partial charge in [-0.15, -0.1) is 0 Å². The Hall–Kier alpha value is -0.790. The van der Waals surface area contributed by atoms with Crippen molar-refractivity contribution < 1.29 is 0 Å². The van der Waals surface area contributed by atoms with Gasteiger partial charge in [0.05, 0.1) is 0 Å². The molecular weight excluding hydrogens is 272 g/mol. The average Bonchev–Trinajstić information content (AvgIpc) is 2.54. The molecule has 2 aromatic carbocycles. The van der Waals surface area contributed by atoms with Crippen LogP contribution in [0.4, 0.5) is 0 Å². The smallest absolute Gasteiger partial charge is 0.0409 e. The highest BCUT2D eigenvalue weighted by Gasteiger charge is 2.18. The minimum atomic E-state index is 0.820. The van der Waals surface area contributed by atoms with Gasteiger partial charge in [0.1, 0.15) is 0 Å². The van der Waals surface area contributed by atoms with Crippen molar-refractivity contribution in [2.45, 2.75) is 6.42 Å². The van der Waals surface area contributed by atoms with E-state index in [1.165, 1.54) is 22.3 Å². The zero-order chi connectivity index (χ0) is 10.4. The fourth-order valence-corrected chi connectivity index (χ4v) is 2.69. The molecule has 74 valence electrons. The molecule has 0 spiro atoms. The first-order chi connectivity index (χ1) is 7.24. The van der Waals surface area contributed by atoms with E-state index in [4.69, 9.17) is 11.6 Å². The summed E-state index contributed by atoms with van der Waals surface area (Å²) in [4.78, 5) is 0. The van der Waals surface area contributed by atoms with Gasteiger partial charge in [0.25, 0.3) is 0 Å². The summed E-state index contributed by atoms with van der Waals surface area (Å²) in [6, 6.07) is 12.6. The maximum Gasteiger partial charge on any atom is 0.0409 e. The van der Waals surface area contributed by atoms with Gasteiger partial charge in [-0.2, -0.15) is 0 Å². The molecule has 0 bridgehead atoms.